The number of nitrogens with one attached hydrogen (secondary N) is 2. The van der Waals surface area contributed by atoms with Crippen molar-refractivity contribution in [2.24, 2.45) is 0 Å². The number of fused-ring (bicyclic) bond motifs is 1. The molecular weight excluding hydrogens is 428 g/mol. The van der Waals surface area contributed by atoms with Crippen molar-refractivity contribution < 1.29 is 9.59 Å². The Bertz CT molecular complexity index is 962. The molecule has 0 spiro atoms. The Labute approximate surface area is 171 Å². The minimum Gasteiger partial charge on any atom is -0.362 e. The van der Waals surface area contributed by atoms with E-state index in [1.54, 1.807) is 7.05 Å². The van der Waals surface area contributed by atoms with Crippen molar-refractivity contribution in [1.29, 1.82) is 0 Å². The van der Waals surface area contributed by atoms with E-state index >= 15 is 0 Å². The highest BCUT2D eigenvalue weighted by Gasteiger charge is 2.15. The van der Waals surface area contributed by atoms with Crippen LogP contribution in [0.5, 0.6) is 0 Å². The Morgan fingerprint density at radius 2 is 1.85 bits per heavy atom. The quantitative estimate of drug-likeness (QED) is 0.389. The van der Waals surface area contributed by atoms with Crippen LogP contribution in [0.4, 0.5) is 0 Å². The molecule has 0 radical (unpaired) electrons. The van der Waals surface area contributed by atoms with Gasteiger partial charge in [-0.15, -0.1) is 0 Å². The standard InChI is InChI=1S/C19H15BrClNO.C2H5NO/c1-2-18(23)19-15-9-6-13(20)11-17(15)22-16(19)10-5-12-3-7-14(21)8-4-12;1-3-2-4/h3-11,22H,2H2,1H3;2H,1H3,(H,3,4)/b10-5+;. The van der Waals surface area contributed by atoms with Crippen LogP contribution in [-0.2, 0) is 4.79 Å². The molecule has 0 saturated carbocycles. The van der Waals surface area contributed by atoms with Gasteiger partial charge >= 0.3 is 0 Å². The SMILES string of the molecule is CCC(=O)c1c(/C=C/c2ccc(Cl)cc2)[nH]c2cc(Br)ccc12.CNC=O. The fraction of sp³-hybridized carbons (Fsp3) is 0.143. The molecule has 140 valence electrons. The number of ketones is 1. The van der Waals surface area contributed by atoms with Gasteiger partial charge in [0, 0.05) is 33.9 Å². The summed E-state index contributed by atoms with van der Waals surface area (Å²) in [5.41, 5.74) is 3.57. The molecule has 0 fully saturated rings. The zero-order chi connectivity index (χ0) is 19.8. The molecule has 1 heterocycles. The third-order valence-corrected chi connectivity index (χ3v) is 4.57. The number of aromatic nitrogens is 1. The topological polar surface area (TPSA) is 62.0 Å². The third-order valence-electron chi connectivity index (χ3n) is 3.82. The number of halogens is 2. The Morgan fingerprint density at radius 3 is 2.44 bits per heavy atom. The molecule has 3 rings (SSSR count). The lowest BCUT2D eigenvalue weighted by Gasteiger charge is -1.99. The number of rotatable bonds is 5. The molecule has 1 amide bonds. The van der Waals surface area contributed by atoms with E-state index < -0.39 is 0 Å². The largest absolute Gasteiger partial charge is 0.362 e. The van der Waals surface area contributed by atoms with Gasteiger partial charge in [0.2, 0.25) is 6.41 Å². The highest BCUT2D eigenvalue weighted by atomic mass is 79.9. The number of benzene rings is 2. The number of carbonyl (C=O) groups is 2. The van der Waals surface area contributed by atoms with Gasteiger partial charge in [0.15, 0.2) is 5.78 Å². The van der Waals surface area contributed by atoms with E-state index in [-0.39, 0.29) is 5.78 Å². The summed E-state index contributed by atoms with van der Waals surface area (Å²) >= 11 is 9.37. The van der Waals surface area contributed by atoms with Crippen LogP contribution in [0.25, 0.3) is 23.1 Å². The maximum absolute atomic E-state index is 12.4. The minimum absolute atomic E-state index is 0.134. The number of hydrogen-bond donors (Lipinski definition) is 2. The van der Waals surface area contributed by atoms with E-state index in [1.807, 2.05) is 61.5 Å². The summed E-state index contributed by atoms with van der Waals surface area (Å²) in [6.07, 6.45) is 5.02. The molecule has 2 aromatic carbocycles. The number of carbonyl (C=O) groups excluding carboxylic acids is 2. The second kappa shape index (κ2) is 10.1. The molecule has 6 heteroatoms. The maximum atomic E-state index is 12.4. The summed E-state index contributed by atoms with van der Waals surface area (Å²) in [5, 5.41) is 3.91. The molecule has 0 unspecified atom stereocenters. The number of H-pyrrole nitrogens is 1. The molecule has 2 N–H and O–H groups in total. The summed E-state index contributed by atoms with van der Waals surface area (Å²) in [5.74, 6) is 0.134. The first-order valence-corrected chi connectivity index (χ1v) is 9.56. The number of amides is 1. The summed E-state index contributed by atoms with van der Waals surface area (Å²) in [6, 6.07) is 13.5. The van der Waals surface area contributed by atoms with Gasteiger partial charge in [-0.05, 0) is 35.9 Å². The van der Waals surface area contributed by atoms with Crippen LogP contribution in [0.3, 0.4) is 0 Å². The lowest BCUT2D eigenvalue weighted by Crippen LogP contribution is -1.98. The van der Waals surface area contributed by atoms with Gasteiger partial charge < -0.3 is 10.3 Å². The fourth-order valence-corrected chi connectivity index (χ4v) is 3.03. The number of hydrogen-bond acceptors (Lipinski definition) is 2. The lowest BCUT2D eigenvalue weighted by molar-refractivity contribution is -0.109. The van der Waals surface area contributed by atoms with E-state index in [2.05, 4.69) is 26.2 Å². The summed E-state index contributed by atoms with van der Waals surface area (Å²) in [7, 11) is 1.56. The molecule has 0 atom stereocenters. The van der Waals surface area contributed by atoms with Gasteiger partial charge in [-0.1, -0.05) is 58.7 Å². The van der Waals surface area contributed by atoms with Gasteiger partial charge in [0.1, 0.15) is 0 Å². The van der Waals surface area contributed by atoms with Crippen molar-refractivity contribution in [3.05, 3.63) is 68.8 Å². The van der Waals surface area contributed by atoms with E-state index in [4.69, 9.17) is 16.4 Å². The van der Waals surface area contributed by atoms with Crippen molar-refractivity contribution in [1.82, 2.24) is 10.3 Å². The van der Waals surface area contributed by atoms with Crippen LogP contribution in [-0.4, -0.2) is 24.2 Å². The van der Waals surface area contributed by atoms with Crippen LogP contribution in [0.2, 0.25) is 5.02 Å². The van der Waals surface area contributed by atoms with Gasteiger partial charge in [-0.3, -0.25) is 9.59 Å². The molecule has 4 nitrogen and oxygen atoms in total. The van der Waals surface area contributed by atoms with Gasteiger partial charge in [-0.25, -0.2) is 0 Å². The Hall–Kier alpha value is -2.37. The molecule has 0 aliphatic rings. The van der Waals surface area contributed by atoms with Gasteiger partial charge in [-0.2, -0.15) is 0 Å². The molecule has 0 aliphatic heterocycles. The maximum Gasteiger partial charge on any atom is 0.206 e. The van der Waals surface area contributed by atoms with Crippen LogP contribution in [0, 0.1) is 0 Å². The second-order valence-electron chi connectivity index (χ2n) is 5.67. The van der Waals surface area contributed by atoms with Crippen LogP contribution in [0.1, 0.15) is 35.0 Å². The van der Waals surface area contributed by atoms with Gasteiger partial charge in [0.05, 0.1) is 11.3 Å². The summed E-state index contributed by atoms with van der Waals surface area (Å²) in [4.78, 5) is 24.8. The number of Topliss-reactive ketones (excluding diaryl/α,β-unsaturated/α-hetero) is 1. The average Bonchev–Trinajstić information content (AvgIpc) is 3.04. The van der Waals surface area contributed by atoms with E-state index in [0.29, 0.717) is 17.9 Å². The van der Waals surface area contributed by atoms with Crippen molar-refractivity contribution in [3.63, 3.8) is 0 Å². The predicted molar refractivity (Wildman–Crippen MR) is 116 cm³/mol. The van der Waals surface area contributed by atoms with Crippen molar-refractivity contribution in [2.75, 3.05) is 7.05 Å². The van der Waals surface area contributed by atoms with E-state index in [9.17, 15) is 4.79 Å². The Balaban J connectivity index is 0.000000596. The first kappa shape index (κ1) is 20.9. The number of aromatic amines is 1. The Morgan fingerprint density at radius 1 is 1.19 bits per heavy atom. The molecule has 1 aromatic heterocycles. The molecule has 0 bridgehead atoms. The summed E-state index contributed by atoms with van der Waals surface area (Å²) in [6.45, 7) is 1.88. The molecule has 0 aliphatic carbocycles. The molecular formula is C21H20BrClN2O2. The van der Waals surface area contributed by atoms with Crippen LogP contribution >= 0.6 is 27.5 Å². The van der Waals surface area contributed by atoms with Crippen molar-refractivity contribution >= 4 is 62.8 Å². The normalized spacial score (nSPS) is 10.5. The van der Waals surface area contributed by atoms with E-state index in [0.717, 1.165) is 32.2 Å². The zero-order valence-electron chi connectivity index (χ0n) is 15.1. The van der Waals surface area contributed by atoms with Gasteiger partial charge in [0.25, 0.3) is 0 Å². The van der Waals surface area contributed by atoms with Crippen LogP contribution < -0.4 is 5.32 Å². The molecule has 3 aromatic rings. The second-order valence-corrected chi connectivity index (χ2v) is 7.02. The minimum atomic E-state index is 0.134. The third kappa shape index (κ3) is 5.55. The zero-order valence-corrected chi connectivity index (χ0v) is 17.4. The molecule has 0 saturated heterocycles. The van der Waals surface area contributed by atoms with Crippen molar-refractivity contribution in [3.8, 4) is 0 Å². The molecule has 27 heavy (non-hydrogen) atoms. The van der Waals surface area contributed by atoms with Crippen molar-refractivity contribution in [2.45, 2.75) is 13.3 Å². The Kier molecular flexibility index (Phi) is 7.82. The first-order valence-electron chi connectivity index (χ1n) is 8.39. The highest BCUT2D eigenvalue weighted by Crippen LogP contribution is 2.28. The highest BCUT2D eigenvalue weighted by molar-refractivity contribution is 9.10. The monoisotopic (exact) mass is 446 g/mol. The summed E-state index contributed by atoms with van der Waals surface area (Å²) < 4.78 is 0.981. The first-order chi connectivity index (χ1) is 13.0. The fourth-order valence-electron chi connectivity index (χ4n) is 2.55. The predicted octanol–water partition coefficient (Wildman–Crippen LogP) is 5.71. The average molecular weight is 448 g/mol. The van der Waals surface area contributed by atoms with E-state index in [1.165, 1.54) is 0 Å². The van der Waals surface area contributed by atoms with Crippen LogP contribution in [0.15, 0.2) is 46.9 Å². The lowest BCUT2D eigenvalue weighted by atomic mass is 10.0. The smallest absolute Gasteiger partial charge is 0.206 e.